The van der Waals surface area contributed by atoms with E-state index in [9.17, 15) is 26.7 Å². The molecule has 0 saturated heterocycles. The highest BCUT2D eigenvalue weighted by molar-refractivity contribution is 6.29. The minimum atomic E-state index is -4.15. The van der Waals surface area contributed by atoms with Gasteiger partial charge in [-0.1, -0.05) is 19.0 Å². The summed E-state index contributed by atoms with van der Waals surface area (Å²) < 4.78 is 109. The molecule has 2 N–H and O–H groups in total. The molecule has 2 aromatic carbocycles. The third-order valence-electron chi connectivity index (χ3n) is 10.5. The lowest BCUT2D eigenvalue weighted by Crippen LogP contribution is -2.33. The Morgan fingerprint density at radius 2 is 1.35 bits per heavy atom. The van der Waals surface area contributed by atoms with Gasteiger partial charge in [-0.05, 0) is 56.0 Å². The van der Waals surface area contributed by atoms with Crippen LogP contribution in [0.5, 0.6) is 0 Å². The number of hydrogen-bond acceptors (Lipinski definition) is 11. The van der Waals surface area contributed by atoms with Crippen LogP contribution in [0.2, 0.25) is 5.15 Å². The fourth-order valence-corrected chi connectivity index (χ4v) is 7.03. The molecular formula is C42H37ClF7N15O. The van der Waals surface area contributed by atoms with E-state index in [-0.39, 0.29) is 29.5 Å². The van der Waals surface area contributed by atoms with Gasteiger partial charge in [0.2, 0.25) is 11.6 Å². The predicted molar refractivity (Wildman–Crippen MR) is 226 cm³/mol. The second-order valence-electron chi connectivity index (χ2n) is 15.4. The first-order chi connectivity index (χ1) is 31.0. The van der Waals surface area contributed by atoms with Crippen molar-refractivity contribution in [3.8, 4) is 22.5 Å². The second-order valence-corrected chi connectivity index (χ2v) is 15.8. The molecule has 16 nitrogen and oxygen atoms in total. The van der Waals surface area contributed by atoms with Crippen molar-refractivity contribution in [3.05, 3.63) is 119 Å². The summed E-state index contributed by atoms with van der Waals surface area (Å²) in [5, 5.41) is 36.1. The molecule has 2 fully saturated rings. The topological polar surface area (TPSA) is 183 Å². The van der Waals surface area contributed by atoms with Gasteiger partial charge in [0.15, 0.2) is 10.8 Å². The first-order valence-corrected chi connectivity index (χ1v) is 20.1. The molecule has 2 aliphatic rings. The minimum absolute atomic E-state index is 0. The Morgan fingerprint density at radius 1 is 0.742 bits per heavy atom. The van der Waals surface area contributed by atoms with Crippen molar-refractivity contribution in [3.63, 3.8) is 0 Å². The largest absolute Gasteiger partial charge is 0.339 e. The van der Waals surface area contributed by atoms with Gasteiger partial charge in [-0.3, -0.25) is 23.5 Å². The zero-order valence-electron chi connectivity index (χ0n) is 34.0. The lowest BCUT2D eigenvalue weighted by molar-refractivity contribution is -0.143. The quantitative estimate of drug-likeness (QED) is 0.139. The molecule has 7 aromatic heterocycles. The van der Waals surface area contributed by atoms with Crippen molar-refractivity contribution < 1.29 is 35.5 Å². The number of nitrogens with zero attached hydrogens (tertiary/aromatic N) is 14. The third kappa shape index (κ3) is 8.69. The first-order valence-electron chi connectivity index (χ1n) is 19.8. The molecule has 66 heavy (non-hydrogen) atoms. The van der Waals surface area contributed by atoms with E-state index in [1.807, 2.05) is 23.1 Å². The van der Waals surface area contributed by atoms with Gasteiger partial charge in [-0.2, -0.15) is 47.6 Å². The second kappa shape index (κ2) is 17.3. The summed E-state index contributed by atoms with van der Waals surface area (Å²) in [6.07, 6.45) is 14.4. The maximum absolute atomic E-state index is 15.5. The van der Waals surface area contributed by atoms with Crippen molar-refractivity contribution in [2.24, 2.45) is 19.8 Å². The van der Waals surface area contributed by atoms with E-state index in [2.05, 4.69) is 45.9 Å². The Bertz CT molecular complexity index is 3240. The van der Waals surface area contributed by atoms with Gasteiger partial charge in [0.05, 0.1) is 64.4 Å². The maximum Gasteiger partial charge on any atom is 0.339 e. The molecule has 2 saturated carbocycles. The van der Waals surface area contributed by atoms with E-state index >= 15 is 8.78 Å². The summed E-state index contributed by atoms with van der Waals surface area (Å²) in [6.45, 7) is -0.850. The van der Waals surface area contributed by atoms with Crippen LogP contribution in [0.1, 0.15) is 62.1 Å². The highest BCUT2D eigenvalue weighted by Gasteiger charge is 2.46. The summed E-state index contributed by atoms with van der Waals surface area (Å²) in [5.41, 5.74) is 5.46. The summed E-state index contributed by atoms with van der Waals surface area (Å²) in [6, 6.07) is 10.2. The van der Waals surface area contributed by atoms with Crippen LogP contribution in [0.3, 0.4) is 0 Å². The Labute approximate surface area is 373 Å². The fraction of sp³-hybridized carbons (Fsp3) is 0.286. The molecule has 2 aliphatic carbocycles. The number of Topliss-reactive ketones (excluding diaryl/α,β-unsaturated/α-hetero) is 1. The van der Waals surface area contributed by atoms with Crippen molar-refractivity contribution in [1.29, 1.82) is 0 Å². The average molecular weight is 936 g/mol. The van der Waals surface area contributed by atoms with Gasteiger partial charge in [-0.25, -0.2) is 13.2 Å². The van der Waals surface area contributed by atoms with Gasteiger partial charge >= 0.3 is 11.8 Å². The van der Waals surface area contributed by atoms with E-state index in [0.717, 1.165) is 46.8 Å². The van der Waals surface area contributed by atoms with E-state index < -0.39 is 58.6 Å². The van der Waals surface area contributed by atoms with Gasteiger partial charge in [0.1, 0.15) is 23.0 Å². The molecule has 342 valence electrons. The number of carbonyl (C=O) groups excluding carboxylic acids is 1. The number of benzene rings is 2. The van der Waals surface area contributed by atoms with Gasteiger partial charge in [0, 0.05) is 67.5 Å². The van der Waals surface area contributed by atoms with Crippen molar-refractivity contribution in [2.75, 3.05) is 6.54 Å². The van der Waals surface area contributed by atoms with Gasteiger partial charge in [0.25, 0.3) is 0 Å². The molecule has 11 rings (SSSR count). The summed E-state index contributed by atoms with van der Waals surface area (Å²) in [4.78, 5) is 11.1. The number of hydrogen-bond donors (Lipinski definition) is 1. The van der Waals surface area contributed by atoms with Gasteiger partial charge < -0.3 is 5.73 Å². The number of ketones is 1. The smallest absolute Gasteiger partial charge is 0.324 e. The van der Waals surface area contributed by atoms with Crippen LogP contribution < -0.4 is 5.73 Å². The highest BCUT2D eigenvalue weighted by atomic mass is 35.5. The number of nitrogens with two attached hydrogens (primary N) is 1. The van der Waals surface area contributed by atoms with Crippen molar-refractivity contribution >= 4 is 44.8 Å². The maximum atomic E-state index is 15.5. The first kappa shape index (κ1) is 45.4. The van der Waals surface area contributed by atoms with Crippen LogP contribution in [-0.4, -0.2) is 81.5 Å². The number of halogens is 8. The molecule has 0 atom stereocenters. The molecule has 0 radical (unpaired) electrons. The van der Waals surface area contributed by atoms with Gasteiger partial charge in [-0.15, -0.1) is 20.4 Å². The van der Waals surface area contributed by atoms with E-state index in [0.29, 0.717) is 33.9 Å². The van der Waals surface area contributed by atoms with Crippen LogP contribution >= 0.6 is 11.6 Å². The van der Waals surface area contributed by atoms with Crippen LogP contribution in [0, 0.1) is 17.5 Å². The summed E-state index contributed by atoms with van der Waals surface area (Å²) in [7, 11) is 3.07. The third-order valence-corrected chi connectivity index (χ3v) is 10.7. The number of alkyl halides is 4. The highest BCUT2D eigenvalue weighted by Crippen LogP contribution is 2.41. The Hall–Kier alpha value is -7.14. The average Bonchev–Trinajstić information content (AvgIpc) is 3.98. The van der Waals surface area contributed by atoms with Crippen molar-refractivity contribution in [2.45, 2.75) is 57.0 Å². The zero-order chi connectivity index (χ0) is 45.9. The van der Waals surface area contributed by atoms with E-state index in [1.165, 1.54) is 47.7 Å². The Kier molecular flexibility index (Phi) is 11.9. The number of aromatic nitrogens is 14. The van der Waals surface area contributed by atoms with Crippen LogP contribution in [0.15, 0.2) is 79.6 Å². The number of aryl methyl sites for hydroxylation is 2. The predicted octanol–water partition coefficient (Wildman–Crippen LogP) is 7.92. The zero-order valence-corrected chi connectivity index (χ0v) is 34.7. The molecular weight excluding hydrogens is 899 g/mol. The molecule has 0 amide bonds. The van der Waals surface area contributed by atoms with E-state index in [1.54, 1.807) is 36.3 Å². The molecule has 0 bridgehead atoms. The van der Waals surface area contributed by atoms with Crippen LogP contribution in [0.4, 0.5) is 30.7 Å². The minimum Gasteiger partial charge on any atom is -0.324 e. The lowest BCUT2D eigenvalue weighted by atomic mass is 10.0. The lowest BCUT2D eigenvalue weighted by Gasteiger charge is -2.16. The summed E-state index contributed by atoms with van der Waals surface area (Å²) in [5.74, 6) is -14.6. The molecule has 0 spiro atoms. The molecule has 24 heteroatoms. The van der Waals surface area contributed by atoms with Crippen LogP contribution in [0.25, 0.3) is 50.0 Å². The molecule has 9 aromatic rings. The Balaban J connectivity index is 0.000000147. The standard InChI is InChI=1S/C20H14F4N8.C11H10F3N3O.C10H9ClN4.CH4/c1-30-9-12-15(28-30)6-13(21)17(18(12)22)20(23,24)19-27-26-16-5-4-14(29-32(16)19)10-7-25-31(8-10)11-2-3-11;1-17-5-6-2-7(8(12)3-9(6)16-17)11(13,14)10(18)4-15;11-10-4-3-9(13-14-10)7-5-12-15(6-7)8-1-2-8;/h4-9,11H,2-3H2,1H3;2-3,5H,4,15H2,1H3;3-6,8H,1-2H2;1H4. The summed E-state index contributed by atoms with van der Waals surface area (Å²) >= 11 is 5.67. The number of rotatable bonds is 9. The van der Waals surface area contributed by atoms with Crippen molar-refractivity contribution in [1.82, 2.24) is 69.1 Å². The monoisotopic (exact) mass is 935 g/mol. The number of fused-ring (bicyclic) bond motifs is 3. The van der Waals surface area contributed by atoms with Crippen LogP contribution in [-0.2, 0) is 30.7 Å². The normalized spacial score (nSPS) is 13.9. The SMILES string of the molecule is C.Clc1ccc(-c2cnn(C3CC3)c2)nn1.Cn1cc2c(F)c(C(F)(F)c3nnc4ccc(-c5cnn(C6CC6)c5)nn34)c(F)cc2n1.Cn1cc2cc(C(F)(F)C(=O)CN)c(F)cc2n1. The Morgan fingerprint density at radius 3 is 1.97 bits per heavy atom. The molecule has 0 aliphatic heterocycles. The number of carbonyl (C=O) groups is 1. The molecule has 7 heterocycles. The molecule has 0 unspecified atom stereocenters. The van der Waals surface area contributed by atoms with E-state index in [4.69, 9.17) is 17.3 Å². The fourth-order valence-electron chi connectivity index (χ4n) is 6.93.